The minimum absolute atomic E-state index is 0.210. The molecule has 1 unspecified atom stereocenters. The van der Waals surface area contributed by atoms with E-state index >= 15 is 0 Å². The van der Waals surface area contributed by atoms with Crippen molar-refractivity contribution in [3.05, 3.63) is 80.8 Å². The van der Waals surface area contributed by atoms with Crippen molar-refractivity contribution in [3.8, 4) is 6.07 Å². The average molecular weight is 416 g/mol. The van der Waals surface area contributed by atoms with Crippen molar-refractivity contribution < 1.29 is 5.11 Å². The summed E-state index contributed by atoms with van der Waals surface area (Å²) in [5, 5.41) is 19.7. The van der Waals surface area contributed by atoms with Gasteiger partial charge in [-0.3, -0.25) is 4.79 Å². The van der Waals surface area contributed by atoms with Gasteiger partial charge in [-0.2, -0.15) is 5.26 Å². The molecular formula is C26H29N3O2. The van der Waals surface area contributed by atoms with Crippen LogP contribution in [0, 0.1) is 18.3 Å². The van der Waals surface area contributed by atoms with Crippen molar-refractivity contribution in [1.29, 1.82) is 5.26 Å². The van der Waals surface area contributed by atoms with Crippen molar-refractivity contribution in [1.82, 2.24) is 4.57 Å². The number of anilines is 1. The fourth-order valence-corrected chi connectivity index (χ4v) is 5.01. The number of rotatable bonds is 4. The van der Waals surface area contributed by atoms with Crippen LogP contribution in [0.25, 0.3) is 6.08 Å². The SMILES string of the molecule is C=C/C=C\c1c(N2CCC(c3ccc4c(c3)CC(O)C4)CC2)c(C#N)c(=O)n(C)c1C. The molecule has 1 N–H and O–H groups in total. The monoisotopic (exact) mass is 415 g/mol. The van der Waals surface area contributed by atoms with Gasteiger partial charge in [0.25, 0.3) is 5.56 Å². The van der Waals surface area contributed by atoms with Crippen molar-refractivity contribution in [2.24, 2.45) is 7.05 Å². The number of fused-ring (bicyclic) bond motifs is 1. The van der Waals surface area contributed by atoms with Crippen LogP contribution in [0.3, 0.4) is 0 Å². The molecule has 1 fully saturated rings. The van der Waals surface area contributed by atoms with E-state index in [0.717, 1.165) is 55.7 Å². The molecule has 4 rings (SSSR count). The summed E-state index contributed by atoms with van der Waals surface area (Å²) in [7, 11) is 1.71. The molecule has 2 aromatic rings. The van der Waals surface area contributed by atoms with Crippen molar-refractivity contribution in [2.75, 3.05) is 18.0 Å². The number of hydrogen-bond acceptors (Lipinski definition) is 4. The number of hydrogen-bond donors (Lipinski definition) is 1. The zero-order chi connectivity index (χ0) is 22.1. The van der Waals surface area contributed by atoms with E-state index in [4.69, 9.17) is 0 Å². The molecule has 2 aliphatic rings. The highest BCUT2D eigenvalue weighted by Crippen LogP contribution is 2.36. The Balaban J connectivity index is 1.63. The van der Waals surface area contributed by atoms with Gasteiger partial charge in [0.1, 0.15) is 11.6 Å². The summed E-state index contributed by atoms with van der Waals surface area (Å²) in [5.41, 5.74) is 6.34. The van der Waals surface area contributed by atoms with Gasteiger partial charge in [-0.15, -0.1) is 0 Å². The summed E-state index contributed by atoms with van der Waals surface area (Å²) in [6.07, 6.45) is 8.68. The van der Waals surface area contributed by atoms with E-state index in [1.54, 1.807) is 17.7 Å². The Morgan fingerprint density at radius 3 is 2.61 bits per heavy atom. The summed E-state index contributed by atoms with van der Waals surface area (Å²) >= 11 is 0. The van der Waals surface area contributed by atoms with Crippen molar-refractivity contribution in [3.63, 3.8) is 0 Å². The maximum atomic E-state index is 12.8. The van der Waals surface area contributed by atoms with Crippen LogP contribution in [-0.2, 0) is 19.9 Å². The zero-order valence-electron chi connectivity index (χ0n) is 18.3. The van der Waals surface area contributed by atoms with E-state index in [0.29, 0.717) is 5.92 Å². The molecule has 5 heteroatoms. The third kappa shape index (κ3) is 3.84. The third-order valence-corrected chi connectivity index (χ3v) is 6.84. The Morgan fingerprint density at radius 2 is 1.94 bits per heavy atom. The summed E-state index contributed by atoms with van der Waals surface area (Å²) in [5.74, 6) is 0.449. The van der Waals surface area contributed by atoms with Crippen LogP contribution in [0.15, 0.2) is 41.7 Å². The molecule has 160 valence electrons. The second kappa shape index (κ2) is 8.56. The van der Waals surface area contributed by atoms with E-state index in [9.17, 15) is 15.2 Å². The lowest BCUT2D eigenvalue weighted by Gasteiger charge is -2.35. The van der Waals surface area contributed by atoms with E-state index in [2.05, 4.69) is 35.7 Å². The molecule has 31 heavy (non-hydrogen) atoms. The van der Waals surface area contributed by atoms with Crippen molar-refractivity contribution in [2.45, 2.75) is 44.6 Å². The fraction of sp³-hybridized carbons (Fsp3) is 0.385. The lowest BCUT2D eigenvalue weighted by Crippen LogP contribution is -2.36. The number of pyridine rings is 1. The maximum absolute atomic E-state index is 12.8. The van der Waals surface area contributed by atoms with Gasteiger partial charge in [0.15, 0.2) is 0 Å². The maximum Gasteiger partial charge on any atom is 0.270 e. The number of benzene rings is 1. The van der Waals surface area contributed by atoms with Crippen LogP contribution in [0.2, 0.25) is 0 Å². The molecule has 2 heterocycles. The predicted molar refractivity (Wildman–Crippen MR) is 124 cm³/mol. The van der Waals surface area contributed by atoms with Crippen LogP contribution in [-0.4, -0.2) is 28.9 Å². The molecule has 1 aromatic heterocycles. The number of aliphatic hydroxyl groups excluding tert-OH is 1. The summed E-state index contributed by atoms with van der Waals surface area (Å²) in [4.78, 5) is 15.0. The number of allylic oxidation sites excluding steroid dienone is 2. The Bertz CT molecular complexity index is 1140. The smallest absolute Gasteiger partial charge is 0.270 e. The lowest BCUT2D eigenvalue weighted by molar-refractivity contribution is 0.187. The Hall–Kier alpha value is -3.10. The van der Waals surface area contributed by atoms with Crippen LogP contribution in [0.4, 0.5) is 5.69 Å². The molecule has 1 aliphatic carbocycles. The molecule has 0 radical (unpaired) electrons. The highest BCUT2D eigenvalue weighted by atomic mass is 16.3. The Morgan fingerprint density at radius 1 is 1.23 bits per heavy atom. The molecule has 0 bridgehead atoms. The fourth-order valence-electron chi connectivity index (χ4n) is 5.01. The quantitative estimate of drug-likeness (QED) is 0.775. The van der Waals surface area contributed by atoms with Gasteiger partial charge >= 0.3 is 0 Å². The first-order valence-electron chi connectivity index (χ1n) is 10.9. The van der Waals surface area contributed by atoms with Gasteiger partial charge in [0.2, 0.25) is 0 Å². The third-order valence-electron chi connectivity index (χ3n) is 6.84. The van der Waals surface area contributed by atoms with Gasteiger partial charge in [0.05, 0.1) is 11.8 Å². The van der Waals surface area contributed by atoms with Crippen LogP contribution >= 0.6 is 0 Å². The predicted octanol–water partition coefficient (Wildman–Crippen LogP) is 3.61. The second-order valence-electron chi connectivity index (χ2n) is 8.65. The number of piperidine rings is 1. The average Bonchev–Trinajstić information content (AvgIpc) is 3.16. The largest absolute Gasteiger partial charge is 0.392 e. The minimum atomic E-state index is -0.248. The van der Waals surface area contributed by atoms with E-state index in [-0.39, 0.29) is 17.2 Å². The number of nitriles is 1. The van der Waals surface area contributed by atoms with Gasteiger partial charge in [-0.25, -0.2) is 0 Å². The second-order valence-corrected chi connectivity index (χ2v) is 8.65. The minimum Gasteiger partial charge on any atom is -0.392 e. The van der Waals surface area contributed by atoms with Gasteiger partial charge in [0, 0.05) is 31.4 Å². The van der Waals surface area contributed by atoms with Gasteiger partial charge in [-0.1, -0.05) is 43.0 Å². The number of nitrogens with zero attached hydrogens (tertiary/aromatic N) is 3. The Kier molecular flexibility index (Phi) is 5.84. The first-order chi connectivity index (χ1) is 14.9. The number of aromatic nitrogens is 1. The van der Waals surface area contributed by atoms with Crippen LogP contribution < -0.4 is 10.5 Å². The molecule has 0 spiro atoms. The van der Waals surface area contributed by atoms with Crippen LogP contribution in [0.5, 0.6) is 0 Å². The molecule has 1 saturated heterocycles. The highest BCUT2D eigenvalue weighted by Gasteiger charge is 2.28. The molecule has 1 aliphatic heterocycles. The molecule has 1 atom stereocenters. The first-order valence-corrected chi connectivity index (χ1v) is 10.9. The van der Waals surface area contributed by atoms with Crippen LogP contribution in [0.1, 0.15) is 52.3 Å². The lowest BCUT2D eigenvalue weighted by atomic mass is 9.87. The number of aliphatic hydroxyl groups is 1. The van der Waals surface area contributed by atoms with E-state index < -0.39 is 0 Å². The highest BCUT2D eigenvalue weighted by molar-refractivity contribution is 5.75. The van der Waals surface area contributed by atoms with Gasteiger partial charge in [-0.05, 0) is 55.2 Å². The molecule has 5 nitrogen and oxygen atoms in total. The topological polar surface area (TPSA) is 69.3 Å². The van der Waals surface area contributed by atoms with Gasteiger partial charge < -0.3 is 14.6 Å². The summed E-state index contributed by atoms with van der Waals surface area (Å²) in [6.45, 7) is 7.26. The zero-order valence-corrected chi connectivity index (χ0v) is 18.3. The first kappa shape index (κ1) is 21.1. The molecule has 0 amide bonds. The molecule has 1 aromatic carbocycles. The molecule has 0 saturated carbocycles. The summed E-state index contributed by atoms with van der Waals surface area (Å²) in [6, 6.07) is 8.81. The Labute approximate surface area is 183 Å². The normalized spacial score (nSPS) is 18.9. The standard InChI is InChI=1S/C26H29N3O2/c1-4-5-6-23-17(2)28(3)26(31)24(16-27)25(23)29-11-9-18(10-12-29)19-7-8-20-14-22(30)15-21(20)13-19/h4-8,13,18,22,30H,1,9-12,14-15H2,2-3H3/b6-5-. The molecular weight excluding hydrogens is 386 g/mol. The van der Waals surface area contributed by atoms with E-state index in [1.807, 2.05) is 19.1 Å². The van der Waals surface area contributed by atoms with E-state index in [1.165, 1.54) is 16.7 Å². The summed E-state index contributed by atoms with van der Waals surface area (Å²) < 4.78 is 1.55. The van der Waals surface area contributed by atoms with Crippen molar-refractivity contribution >= 4 is 11.8 Å².